The van der Waals surface area contributed by atoms with E-state index in [4.69, 9.17) is 4.74 Å². The summed E-state index contributed by atoms with van der Waals surface area (Å²) in [5.74, 6) is 0.260. The van der Waals surface area contributed by atoms with Gasteiger partial charge in [-0.25, -0.2) is 8.42 Å². The minimum absolute atomic E-state index is 0.138. The number of carbonyl (C=O) groups is 1. The van der Waals surface area contributed by atoms with E-state index in [0.717, 1.165) is 4.47 Å². The van der Waals surface area contributed by atoms with Gasteiger partial charge in [0, 0.05) is 23.2 Å². The molecule has 0 saturated heterocycles. The summed E-state index contributed by atoms with van der Waals surface area (Å²) in [5.41, 5.74) is 0.507. The molecule has 0 heterocycles. The molecule has 0 atom stereocenters. The topological polar surface area (TPSA) is 75.7 Å². The van der Waals surface area contributed by atoms with Gasteiger partial charge >= 0.3 is 0 Å². The first-order valence-electron chi connectivity index (χ1n) is 8.15. The highest BCUT2D eigenvalue weighted by molar-refractivity contribution is 9.10. The van der Waals surface area contributed by atoms with Gasteiger partial charge in [0.05, 0.1) is 4.90 Å². The van der Waals surface area contributed by atoms with Gasteiger partial charge in [-0.15, -0.1) is 0 Å². The van der Waals surface area contributed by atoms with Crippen molar-refractivity contribution in [1.29, 1.82) is 0 Å². The number of halogens is 1. The van der Waals surface area contributed by atoms with Crippen molar-refractivity contribution in [3.8, 4) is 5.75 Å². The minimum atomic E-state index is -3.50. The lowest BCUT2D eigenvalue weighted by atomic mass is 10.3. The largest absolute Gasteiger partial charge is 0.484 e. The lowest BCUT2D eigenvalue weighted by Crippen LogP contribution is -2.30. The molecule has 0 bridgehead atoms. The normalized spacial score (nSPS) is 11.4. The van der Waals surface area contributed by atoms with Crippen molar-refractivity contribution < 1.29 is 17.9 Å². The second kappa shape index (κ2) is 9.16. The van der Waals surface area contributed by atoms with Crippen molar-refractivity contribution in [2.75, 3.05) is 25.0 Å². The zero-order valence-corrected chi connectivity index (χ0v) is 17.0. The number of ether oxygens (including phenoxy) is 1. The summed E-state index contributed by atoms with van der Waals surface area (Å²) < 4.78 is 32.6. The van der Waals surface area contributed by atoms with Crippen LogP contribution in [-0.4, -0.2) is 38.3 Å². The summed E-state index contributed by atoms with van der Waals surface area (Å²) in [7, 11) is -3.50. The minimum Gasteiger partial charge on any atom is -0.484 e. The first kappa shape index (κ1) is 20.4. The summed E-state index contributed by atoms with van der Waals surface area (Å²) >= 11 is 3.33. The molecule has 1 N–H and O–H groups in total. The molecule has 0 saturated carbocycles. The molecular formula is C18H21BrN2O4S. The van der Waals surface area contributed by atoms with E-state index in [1.807, 2.05) is 12.1 Å². The predicted molar refractivity (Wildman–Crippen MR) is 105 cm³/mol. The maximum Gasteiger partial charge on any atom is 0.262 e. The van der Waals surface area contributed by atoms with Crippen LogP contribution >= 0.6 is 15.9 Å². The van der Waals surface area contributed by atoms with Crippen LogP contribution in [-0.2, 0) is 14.8 Å². The van der Waals surface area contributed by atoms with Crippen LogP contribution in [0, 0.1) is 0 Å². The van der Waals surface area contributed by atoms with Gasteiger partial charge < -0.3 is 10.1 Å². The van der Waals surface area contributed by atoms with E-state index in [2.05, 4.69) is 21.2 Å². The van der Waals surface area contributed by atoms with E-state index < -0.39 is 10.0 Å². The van der Waals surface area contributed by atoms with E-state index in [9.17, 15) is 13.2 Å². The number of benzene rings is 2. The second-order valence-electron chi connectivity index (χ2n) is 5.40. The quantitative estimate of drug-likeness (QED) is 0.681. The number of sulfonamides is 1. The highest BCUT2D eigenvalue weighted by Gasteiger charge is 2.21. The summed E-state index contributed by atoms with van der Waals surface area (Å²) in [4.78, 5) is 12.2. The summed E-state index contributed by atoms with van der Waals surface area (Å²) in [6.07, 6.45) is 0. The van der Waals surface area contributed by atoms with Crippen molar-refractivity contribution in [3.05, 3.63) is 53.0 Å². The maximum atomic E-state index is 12.4. The zero-order chi connectivity index (χ0) is 19.2. The van der Waals surface area contributed by atoms with Gasteiger partial charge in [0.25, 0.3) is 5.91 Å². The predicted octanol–water partition coefficient (Wildman–Crippen LogP) is 3.50. The van der Waals surface area contributed by atoms with Crippen LogP contribution < -0.4 is 10.1 Å². The first-order valence-corrected chi connectivity index (χ1v) is 10.4. The fraction of sp³-hybridized carbons (Fsp3) is 0.278. The Bertz CT molecular complexity index is 832. The fourth-order valence-electron chi connectivity index (χ4n) is 2.30. The Morgan fingerprint density at radius 1 is 1.04 bits per heavy atom. The van der Waals surface area contributed by atoms with E-state index >= 15 is 0 Å². The summed E-state index contributed by atoms with van der Waals surface area (Å²) in [6.45, 7) is 4.26. The van der Waals surface area contributed by atoms with Crippen molar-refractivity contribution in [1.82, 2.24) is 4.31 Å². The Morgan fingerprint density at radius 2 is 1.62 bits per heavy atom. The second-order valence-corrected chi connectivity index (χ2v) is 8.26. The number of hydrogen-bond acceptors (Lipinski definition) is 4. The van der Waals surface area contributed by atoms with Crippen LogP contribution in [0.2, 0.25) is 0 Å². The number of hydrogen-bond donors (Lipinski definition) is 1. The summed E-state index contributed by atoms with van der Waals surface area (Å²) in [6, 6.07) is 13.2. The van der Waals surface area contributed by atoms with Gasteiger partial charge in [0.15, 0.2) is 6.61 Å². The number of amides is 1. The van der Waals surface area contributed by atoms with Crippen LogP contribution in [0.15, 0.2) is 57.9 Å². The molecule has 6 nitrogen and oxygen atoms in total. The van der Waals surface area contributed by atoms with E-state index in [0.29, 0.717) is 24.5 Å². The Morgan fingerprint density at radius 3 is 2.15 bits per heavy atom. The molecule has 0 aliphatic carbocycles. The molecule has 2 aromatic rings. The Hall–Kier alpha value is -1.90. The molecule has 0 aliphatic rings. The van der Waals surface area contributed by atoms with E-state index in [-0.39, 0.29) is 17.4 Å². The SMILES string of the molecule is CCN(CC)S(=O)(=O)c1ccc(NC(=O)COc2ccc(Br)cc2)cc1. The van der Waals surface area contributed by atoms with Crippen LogP contribution in [0.3, 0.4) is 0 Å². The number of anilines is 1. The van der Waals surface area contributed by atoms with Crippen LogP contribution in [0.1, 0.15) is 13.8 Å². The molecule has 0 unspecified atom stereocenters. The lowest BCUT2D eigenvalue weighted by Gasteiger charge is -2.18. The Labute approximate surface area is 162 Å². The van der Waals surface area contributed by atoms with Crippen LogP contribution in [0.5, 0.6) is 5.75 Å². The van der Waals surface area contributed by atoms with Crippen molar-refractivity contribution in [3.63, 3.8) is 0 Å². The molecule has 26 heavy (non-hydrogen) atoms. The third-order valence-electron chi connectivity index (χ3n) is 3.66. The van der Waals surface area contributed by atoms with Crippen LogP contribution in [0.4, 0.5) is 5.69 Å². The molecule has 0 radical (unpaired) electrons. The van der Waals surface area contributed by atoms with E-state index in [1.165, 1.54) is 16.4 Å². The average molecular weight is 441 g/mol. The monoisotopic (exact) mass is 440 g/mol. The van der Waals surface area contributed by atoms with Crippen molar-refractivity contribution in [2.45, 2.75) is 18.7 Å². The third-order valence-corrected chi connectivity index (χ3v) is 6.26. The highest BCUT2D eigenvalue weighted by atomic mass is 79.9. The molecule has 0 aromatic heterocycles. The zero-order valence-electron chi connectivity index (χ0n) is 14.6. The van der Waals surface area contributed by atoms with Gasteiger partial charge in [-0.2, -0.15) is 4.31 Å². The van der Waals surface area contributed by atoms with Gasteiger partial charge in [-0.05, 0) is 48.5 Å². The smallest absolute Gasteiger partial charge is 0.262 e. The summed E-state index contributed by atoms with van der Waals surface area (Å²) in [5, 5.41) is 2.68. The molecule has 2 aromatic carbocycles. The molecule has 2 rings (SSSR count). The molecule has 140 valence electrons. The third kappa shape index (κ3) is 5.30. The number of rotatable bonds is 8. The number of nitrogens with zero attached hydrogens (tertiary/aromatic N) is 1. The first-order chi connectivity index (χ1) is 12.4. The molecule has 0 fully saturated rings. The van der Waals surface area contributed by atoms with Gasteiger partial charge in [-0.1, -0.05) is 29.8 Å². The van der Waals surface area contributed by atoms with Gasteiger partial charge in [-0.3, -0.25) is 4.79 Å². The van der Waals surface area contributed by atoms with Gasteiger partial charge in [0.1, 0.15) is 5.75 Å². The van der Waals surface area contributed by atoms with Crippen LogP contribution in [0.25, 0.3) is 0 Å². The molecular weight excluding hydrogens is 420 g/mol. The average Bonchev–Trinajstić information content (AvgIpc) is 2.62. The Kier molecular flexibility index (Phi) is 7.19. The number of nitrogens with one attached hydrogen (secondary N) is 1. The number of carbonyl (C=O) groups excluding carboxylic acids is 1. The maximum absolute atomic E-state index is 12.4. The lowest BCUT2D eigenvalue weighted by molar-refractivity contribution is -0.118. The highest BCUT2D eigenvalue weighted by Crippen LogP contribution is 2.19. The molecule has 0 aliphatic heterocycles. The molecule has 1 amide bonds. The fourth-order valence-corrected chi connectivity index (χ4v) is 4.02. The molecule has 0 spiro atoms. The molecule has 8 heteroatoms. The van der Waals surface area contributed by atoms with Crippen molar-refractivity contribution in [2.24, 2.45) is 0 Å². The van der Waals surface area contributed by atoms with E-state index in [1.54, 1.807) is 38.1 Å². The standard InChI is InChI=1S/C18H21BrN2O4S/c1-3-21(4-2)26(23,24)17-11-7-15(8-12-17)20-18(22)13-25-16-9-5-14(19)6-10-16/h5-12H,3-4,13H2,1-2H3,(H,20,22). The Balaban J connectivity index is 1.96. The van der Waals surface area contributed by atoms with Gasteiger partial charge in [0.2, 0.25) is 10.0 Å². The van der Waals surface area contributed by atoms with Crippen molar-refractivity contribution >= 4 is 37.5 Å².